The molecule has 0 radical (unpaired) electrons. The van der Waals surface area contributed by atoms with Crippen molar-refractivity contribution >= 4 is 39.9 Å². The average molecular weight is 518 g/mol. The van der Waals surface area contributed by atoms with Gasteiger partial charge >= 0.3 is 0 Å². The predicted octanol–water partition coefficient (Wildman–Crippen LogP) is 4.44. The summed E-state index contributed by atoms with van der Waals surface area (Å²) in [6.07, 6.45) is 5.28. The van der Waals surface area contributed by atoms with Crippen LogP contribution in [0.25, 0.3) is 11.0 Å². The van der Waals surface area contributed by atoms with Crippen LogP contribution in [0.3, 0.4) is 0 Å². The summed E-state index contributed by atoms with van der Waals surface area (Å²) < 4.78 is 12.7. The van der Waals surface area contributed by atoms with Crippen molar-refractivity contribution in [3.63, 3.8) is 0 Å². The molecule has 0 saturated heterocycles. The number of nitrogens with zero attached hydrogens (tertiary/aromatic N) is 4. The number of rotatable bonds is 7. The molecule has 1 aliphatic heterocycles. The first-order valence-corrected chi connectivity index (χ1v) is 13.4. The summed E-state index contributed by atoms with van der Waals surface area (Å²) in [6.45, 7) is 0.0434. The molecule has 37 heavy (non-hydrogen) atoms. The van der Waals surface area contributed by atoms with Gasteiger partial charge in [-0.1, -0.05) is 42.7 Å². The molecule has 2 aliphatic rings. The molecule has 190 valence electrons. The second-order valence-electron chi connectivity index (χ2n) is 9.30. The van der Waals surface area contributed by atoms with Crippen molar-refractivity contribution in [1.29, 1.82) is 0 Å². The second kappa shape index (κ2) is 10.2. The molecule has 4 aromatic rings. The van der Waals surface area contributed by atoms with Crippen LogP contribution in [-0.4, -0.2) is 39.6 Å². The van der Waals surface area contributed by atoms with Gasteiger partial charge in [0.2, 0.25) is 18.6 Å². The highest BCUT2D eigenvalue weighted by molar-refractivity contribution is 7.10. The van der Waals surface area contributed by atoms with Crippen LogP contribution in [0, 0.1) is 0 Å². The molecule has 0 unspecified atom stereocenters. The highest BCUT2D eigenvalue weighted by Gasteiger charge is 2.36. The lowest BCUT2D eigenvalue weighted by molar-refractivity contribution is -0.127. The third-order valence-corrected chi connectivity index (χ3v) is 7.80. The monoisotopic (exact) mass is 517 g/mol. The Bertz CT molecular complexity index is 1410. The van der Waals surface area contributed by atoms with Gasteiger partial charge in [0.15, 0.2) is 11.5 Å². The lowest BCUT2D eigenvalue weighted by Crippen LogP contribution is -2.48. The quantitative estimate of drug-likeness (QED) is 0.389. The third kappa shape index (κ3) is 4.76. The van der Waals surface area contributed by atoms with E-state index in [0.29, 0.717) is 22.7 Å². The van der Waals surface area contributed by atoms with E-state index in [2.05, 4.69) is 15.6 Å². The maximum Gasteiger partial charge on any atom is 0.249 e. The summed E-state index contributed by atoms with van der Waals surface area (Å²) >= 11 is 1.45. The highest BCUT2D eigenvalue weighted by atomic mass is 32.1. The molecule has 2 amide bonds. The van der Waals surface area contributed by atoms with Crippen LogP contribution in [0.5, 0.6) is 11.5 Å². The molecule has 1 aliphatic carbocycles. The van der Waals surface area contributed by atoms with Crippen LogP contribution >= 0.6 is 11.3 Å². The van der Waals surface area contributed by atoms with Gasteiger partial charge in [-0.3, -0.25) is 14.5 Å². The fraction of sp³-hybridized carbons (Fsp3) is 0.333. The number of carbonyl (C=O) groups excluding carboxylic acids is 2. The Kier molecular flexibility index (Phi) is 6.48. The van der Waals surface area contributed by atoms with Crippen molar-refractivity contribution in [3.05, 3.63) is 64.9 Å². The fourth-order valence-corrected chi connectivity index (χ4v) is 5.87. The van der Waals surface area contributed by atoms with E-state index < -0.39 is 6.04 Å². The van der Waals surface area contributed by atoms with Crippen molar-refractivity contribution in [2.45, 2.75) is 50.7 Å². The first-order chi connectivity index (χ1) is 18.2. The minimum Gasteiger partial charge on any atom is -0.454 e. The number of hydrogen-bond donors (Lipinski definition) is 1. The van der Waals surface area contributed by atoms with E-state index in [1.54, 1.807) is 27.8 Å². The number of thiophene rings is 1. The van der Waals surface area contributed by atoms with E-state index in [1.165, 1.54) is 17.8 Å². The van der Waals surface area contributed by atoms with Gasteiger partial charge < -0.3 is 14.8 Å². The van der Waals surface area contributed by atoms with Gasteiger partial charge in [0.1, 0.15) is 18.1 Å². The lowest BCUT2D eigenvalue weighted by Gasteiger charge is -2.32. The Labute approximate surface area is 218 Å². The number of nitrogens with one attached hydrogen (secondary N) is 1. The minimum absolute atomic E-state index is 0.0759. The predicted molar refractivity (Wildman–Crippen MR) is 140 cm³/mol. The first-order valence-electron chi connectivity index (χ1n) is 12.5. The average Bonchev–Trinajstić information content (AvgIpc) is 3.69. The maximum absolute atomic E-state index is 14.1. The van der Waals surface area contributed by atoms with Gasteiger partial charge in [-0.25, -0.2) is 4.68 Å². The molecule has 10 heteroatoms. The van der Waals surface area contributed by atoms with Crippen LogP contribution in [0.4, 0.5) is 5.69 Å². The lowest BCUT2D eigenvalue weighted by atomic mass is 9.95. The van der Waals surface area contributed by atoms with Crippen molar-refractivity contribution in [3.8, 4) is 11.5 Å². The van der Waals surface area contributed by atoms with E-state index in [-0.39, 0.29) is 31.2 Å². The van der Waals surface area contributed by atoms with E-state index in [0.717, 1.165) is 36.1 Å². The van der Waals surface area contributed by atoms with Crippen LogP contribution in [0.15, 0.2) is 60.0 Å². The zero-order chi connectivity index (χ0) is 25.2. The number of ether oxygens (including phenoxy) is 2. The molecular weight excluding hydrogens is 490 g/mol. The zero-order valence-corrected chi connectivity index (χ0v) is 21.0. The molecule has 1 N–H and O–H groups in total. The summed E-state index contributed by atoms with van der Waals surface area (Å²) in [5.41, 5.74) is 2.01. The Morgan fingerprint density at radius 1 is 1.05 bits per heavy atom. The van der Waals surface area contributed by atoms with Gasteiger partial charge in [0, 0.05) is 22.7 Å². The SMILES string of the molecule is O=C(NC1CCCCC1)[C@H](c1cccs1)N(C(=O)Cn1nnc2ccccc21)c1ccc2c(c1)OCO2. The Morgan fingerprint density at radius 3 is 2.73 bits per heavy atom. The summed E-state index contributed by atoms with van der Waals surface area (Å²) in [7, 11) is 0. The number of amides is 2. The molecule has 2 aromatic carbocycles. The summed E-state index contributed by atoms with van der Waals surface area (Å²) in [5.74, 6) is 0.674. The van der Waals surface area contributed by atoms with Crippen LogP contribution in [0.2, 0.25) is 0 Å². The van der Waals surface area contributed by atoms with E-state index in [9.17, 15) is 9.59 Å². The van der Waals surface area contributed by atoms with Crippen molar-refractivity contribution in [2.24, 2.45) is 0 Å². The van der Waals surface area contributed by atoms with E-state index >= 15 is 0 Å². The van der Waals surface area contributed by atoms with Gasteiger partial charge in [0.05, 0.1) is 5.52 Å². The molecule has 9 nitrogen and oxygen atoms in total. The van der Waals surface area contributed by atoms with Gasteiger partial charge in [-0.2, -0.15) is 0 Å². The van der Waals surface area contributed by atoms with Crippen LogP contribution in [-0.2, 0) is 16.1 Å². The minimum atomic E-state index is -0.843. The molecule has 1 saturated carbocycles. The smallest absolute Gasteiger partial charge is 0.249 e. The first kappa shape index (κ1) is 23.5. The van der Waals surface area contributed by atoms with E-state index in [1.807, 2.05) is 41.8 Å². The van der Waals surface area contributed by atoms with E-state index in [4.69, 9.17) is 9.47 Å². The van der Waals surface area contributed by atoms with Crippen molar-refractivity contribution in [1.82, 2.24) is 20.3 Å². The molecule has 1 atom stereocenters. The molecule has 2 aromatic heterocycles. The molecule has 0 bridgehead atoms. The number of para-hydroxylation sites is 1. The molecular formula is C27H27N5O4S. The largest absolute Gasteiger partial charge is 0.454 e. The fourth-order valence-electron chi connectivity index (χ4n) is 5.06. The maximum atomic E-state index is 14.1. The normalized spacial score (nSPS) is 16.0. The molecule has 1 fully saturated rings. The Balaban J connectivity index is 1.39. The van der Waals surface area contributed by atoms with Crippen LogP contribution in [0.1, 0.15) is 43.0 Å². The molecule has 3 heterocycles. The summed E-state index contributed by atoms with van der Waals surface area (Å²) in [5, 5.41) is 13.5. The summed E-state index contributed by atoms with van der Waals surface area (Å²) in [4.78, 5) is 30.3. The standard InChI is InChI=1S/C27H27N5O4S/c33-25(16-31-21-10-5-4-9-20(21)29-30-31)32(19-12-13-22-23(15-19)36-17-35-22)26(24-11-6-14-37-24)27(34)28-18-7-2-1-3-8-18/h4-6,9-15,18,26H,1-3,7-8,16-17H2,(H,28,34)/t26-/m0/s1. The van der Waals surface area contributed by atoms with Gasteiger partial charge in [-0.05, 0) is 48.6 Å². The highest BCUT2D eigenvalue weighted by Crippen LogP contribution is 2.39. The number of anilines is 1. The summed E-state index contributed by atoms with van der Waals surface area (Å²) in [6, 6.07) is 15.9. The number of benzene rings is 2. The topological polar surface area (TPSA) is 98.6 Å². The zero-order valence-electron chi connectivity index (χ0n) is 20.2. The number of aromatic nitrogens is 3. The van der Waals surface area contributed by atoms with Gasteiger partial charge in [0.25, 0.3) is 0 Å². The second-order valence-corrected chi connectivity index (χ2v) is 10.3. The Hall–Kier alpha value is -3.92. The number of fused-ring (bicyclic) bond motifs is 2. The number of hydrogen-bond acceptors (Lipinski definition) is 7. The van der Waals surface area contributed by atoms with Crippen molar-refractivity contribution < 1.29 is 19.1 Å². The third-order valence-electron chi connectivity index (χ3n) is 6.88. The molecule has 6 rings (SSSR count). The van der Waals surface area contributed by atoms with Crippen molar-refractivity contribution in [2.75, 3.05) is 11.7 Å². The Morgan fingerprint density at radius 2 is 1.89 bits per heavy atom. The molecule has 0 spiro atoms. The van der Waals surface area contributed by atoms with Crippen LogP contribution < -0.4 is 19.7 Å². The number of carbonyl (C=O) groups is 2. The van der Waals surface area contributed by atoms with Gasteiger partial charge in [-0.15, -0.1) is 16.4 Å².